The summed E-state index contributed by atoms with van der Waals surface area (Å²) in [5.74, 6) is 0.237. The summed E-state index contributed by atoms with van der Waals surface area (Å²) < 4.78 is 44.6. The number of rotatable bonds is 4. The lowest BCUT2D eigenvalue weighted by atomic mass is 10.2. The van der Waals surface area contributed by atoms with E-state index in [2.05, 4.69) is 15.2 Å². The smallest absolute Gasteiger partial charge is 0.337 e. The lowest BCUT2D eigenvalue weighted by Gasteiger charge is -2.09. The van der Waals surface area contributed by atoms with Gasteiger partial charge in [-0.05, 0) is 32.0 Å². The predicted molar refractivity (Wildman–Crippen MR) is 82.2 cm³/mol. The van der Waals surface area contributed by atoms with Crippen LogP contribution in [0.1, 0.15) is 30.2 Å². The highest BCUT2D eigenvalue weighted by Crippen LogP contribution is 2.30. The summed E-state index contributed by atoms with van der Waals surface area (Å²) >= 11 is 0. The first-order chi connectivity index (χ1) is 12.2. The monoisotopic (exact) mass is 367 g/mol. The van der Waals surface area contributed by atoms with E-state index < -0.39 is 22.8 Å². The molecule has 1 aromatic carbocycles. The van der Waals surface area contributed by atoms with Crippen LogP contribution in [0.5, 0.6) is 0 Å². The number of hydrogen-bond acceptors (Lipinski definition) is 6. The Morgan fingerprint density at radius 1 is 1.27 bits per heavy atom. The molecule has 8 nitrogen and oxygen atoms in total. The maximum Gasteiger partial charge on any atom is 0.435 e. The molecule has 11 heteroatoms. The molecule has 2 aromatic heterocycles. The van der Waals surface area contributed by atoms with Gasteiger partial charge in [-0.25, -0.2) is 0 Å². The Morgan fingerprint density at radius 3 is 2.46 bits per heavy atom. The van der Waals surface area contributed by atoms with Gasteiger partial charge in [-0.2, -0.15) is 23.3 Å². The fraction of sp³-hybridized carbons (Fsp3) is 0.267. The molecule has 3 aromatic rings. The van der Waals surface area contributed by atoms with E-state index in [0.717, 1.165) is 10.7 Å². The van der Waals surface area contributed by atoms with E-state index in [0.29, 0.717) is 11.3 Å². The fourth-order valence-electron chi connectivity index (χ4n) is 2.38. The summed E-state index contributed by atoms with van der Waals surface area (Å²) in [6, 6.07) is 5.72. The molecule has 0 saturated carbocycles. The summed E-state index contributed by atoms with van der Waals surface area (Å²) in [4.78, 5) is 14.3. The van der Waals surface area contributed by atoms with Crippen molar-refractivity contribution in [3.63, 3.8) is 0 Å². The molecule has 0 amide bonds. The second-order valence-corrected chi connectivity index (χ2v) is 5.55. The fourth-order valence-corrected chi connectivity index (χ4v) is 2.38. The number of aryl methyl sites for hydroxylation is 1. The van der Waals surface area contributed by atoms with Crippen molar-refractivity contribution < 1.29 is 22.6 Å². The van der Waals surface area contributed by atoms with Crippen molar-refractivity contribution in [2.75, 3.05) is 0 Å². The number of alkyl halides is 3. The Morgan fingerprint density at radius 2 is 1.92 bits per heavy atom. The number of nitrogens with zero attached hydrogens (tertiary/aromatic N) is 5. The van der Waals surface area contributed by atoms with Crippen LogP contribution in [-0.4, -0.2) is 24.8 Å². The standard InChI is InChI=1S/C15H12F3N5O3/c1-8-7-12(15(16,17)18)20-22(8)9(2)14-19-13(21-26-14)10-3-5-11(6-4-10)23(24)25/h3-7,9H,1-2H3. The Labute approximate surface area is 144 Å². The van der Waals surface area contributed by atoms with Gasteiger partial charge in [0.05, 0.1) is 4.92 Å². The Bertz CT molecular complexity index is 946. The van der Waals surface area contributed by atoms with E-state index in [1.54, 1.807) is 6.92 Å². The van der Waals surface area contributed by atoms with Crippen molar-refractivity contribution in [3.05, 3.63) is 57.7 Å². The molecule has 26 heavy (non-hydrogen) atoms. The molecule has 0 saturated heterocycles. The third-order valence-electron chi connectivity index (χ3n) is 3.72. The average Bonchev–Trinajstić information content (AvgIpc) is 3.21. The first kappa shape index (κ1) is 17.6. The van der Waals surface area contributed by atoms with Crippen molar-refractivity contribution in [3.8, 4) is 11.4 Å². The highest BCUT2D eigenvalue weighted by atomic mass is 19.4. The van der Waals surface area contributed by atoms with Crippen LogP contribution in [0.2, 0.25) is 0 Å². The van der Waals surface area contributed by atoms with Gasteiger partial charge < -0.3 is 4.52 Å². The maximum absolute atomic E-state index is 12.8. The number of nitro groups is 1. The van der Waals surface area contributed by atoms with Crippen molar-refractivity contribution in [1.29, 1.82) is 0 Å². The second kappa shape index (κ2) is 6.24. The van der Waals surface area contributed by atoms with Gasteiger partial charge >= 0.3 is 6.18 Å². The maximum atomic E-state index is 12.8. The largest absolute Gasteiger partial charge is 0.435 e. The molecule has 0 fully saturated rings. The van der Waals surface area contributed by atoms with Gasteiger partial charge in [0.1, 0.15) is 6.04 Å². The topological polar surface area (TPSA) is 99.9 Å². The lowest BCUT2D eigenvalue weighted by Crippen LogP contribution is -2.13. The molecule has 0 aliphatic carbocycles. The van der Waals surface area contributed by atoms with Crippen molar-refractivity contribution in [1.82, 2.24) is 19.9 Å². The van der Waals surface area contributed by atoms with Crippen molar-refractivity contribution in [2.45, 2.75) is 26.1 Å². The number of benzene rings is 1. The number of nitro benzene ring substituents is 1. The van der Waals surface area contributed by atoms with Gasteiger partial charge in [-0.3, -0.25) is 14.8 Å². The molecule has 0 radical (unpaired) electrons. The van der Waals surface area contributed by atoms with Crippen LogP contribution in [0.4, 0.5) is 18.9 Å². The second-order valence-electron chi connectivity index (χ2n) is 5.55. The molecular formula is C15H12F3N5O3. The van der Waals surface area contributed by atoms with Crippen LogP contribution in [0, 0.1) is 17.0 Å². The quantitative estimate of drug-likeness (QED) is 0.514. The Hall–Kier alpha value is -3.24. The highest BCUT2D eigenvalue weighted by Gasteiger charge is 2.35. The van der Waals surface area contributed by atoms with Gasteiger partial charge in [0, 0.05) is 23.4 Å². The van der Waals surface area contributed by atoms with Gasteiger partial charge in [-0.1, -0.05) is 5.16 Å². The van der Waals surface area contributed by atoms with E-state index in [9.17, 15) is 23.3 Å². The predicted octanol–water partition coefficient (Wildman–Crippen LogP) is 3.78. The van der Waals surface area contributed by atoms with Crippen molar-refractivity contribution >= 4 is 5.69 Å². The molecule has 0 aliphatic heterocycles. The van der Waals surface area contributed by atoms with Crippen LogP contribution in [0.3, 0.4) is 0 Å². The Kier molecular flexibility index (Phi) is 4.22. The highest BCUT2D eigenvalue weighted by molar-refractivity contribution is 5.56. The summed E-state index contributed by atoms with van der Waals surface area (Å²) in [7, 11) is 0. The molecule has 136 valence electrons. The van der Waals surface area contributed by atoms with Crippen LogP contribution < -0.4 is 0 Å². The van der Waals surface area contributed by atoms with Crippen LogP contribution >= 0.6 is 0 Å². The van der Waals surface area contributed by atoms with E-state index >= 15 is 0 Å². The van der Waals surface area contributed by atoms with E-state index in [-0.39, 0.29) is 17.4 Å². The summed E-state index contributed by atoms with van der Waals surface area (Å²) in [6.45, 7) is 3.07. The third kappa shape index (κ3) is 3.27. The average molecular weight is 367 g/mol. The molecule has 3 rings (SSSR count). The molecule has 1 atom stereocenters. The minimum absolute atomic E-state index is 0.0678. The lowest BCUT2D eigenvalue weighted by molar-refractivity contribution is -0.384. The SMILES string of the molecule is Cc1cc(C(F)(F)F)nn1C(C)c1nc(-c2ccc([N+](=O)[O-])cc2)no1. The summed E-state index contributed by atoms with van der Waals surface area (Å²) in [5.41, 5.74) is -0.319. The number of halogens is 3. The van der Waals surface area contributed by atoms with Crippen molar-refractivity contribution in [2.24, 2.45) is 0 Å². The molecule has 0 spiro atoms. The van der Waals surface area contributed by atoms with Gasteiger partial charge in [0.2, 0.25) is 5.82 Å². The van der Waals surface area contributed by atoms with E-state index in [4.69, 9.17) is 4.52 Å². The van der Waals surface area contributed by atoms with Crippen LogP contribution in [0.25, 0.3) is 11.4 Å². The molecule has 0 aliphatic rings. The molecule has 0 N–H and O–H groups in total. The van der Waals surface area contributed by atoms with E-state index in [1.165, 1.54) is 31.2 Å². The van der Waals surface area contributed by atoms with Gasteiger partial charge in [0.25, 0.3) is 11.6 Å². The number of hydrogen-bond donors (Lipinski definition) is 0. The molecular weight excluding hydrogens is 355 g/mol. The zero-order valence-corrected chi connectivity index (χ0v) is 13.6. The Balaban J connectivity index is 1.87. The zero-order chi connectivity index (χ0) is 19.1. The van der Waals surface area contributed by atoms with E-state index in [1.807, 2.05) is 0 Å². The summed E-state index contributed by atoms with van der Waals surface area (Å²) in [5, 5.41) is 18.0. The molecule has 1 unspecified atom stereocenters. The minimum atomic E-state index is -4.55. The van der Waals surface area contributed by atoms with Crippen LogP contribution in [0.15, 0.2) is 34.9 Å². The number of aromatic nitrogens is 4. The minimum Gasteiger partial charge on any atom is -0.337 e. The first-order valence-electron chi connectivity index (χ1n) is 7.38. The van der Waals surface area contributed by atoms with Gasteiger partial charge in [-0.15, -0.1) is 0 Å². The molecule has 0 bridgehead atoms. The number of non-ortho nitro benzene ring substituents is 1. The zero-order valence-electron chi connectivity index (χ0n) is 13.6. The first-order valence-corrected chi connectivity index (χ1v) is 7.38. The third-order valence-corrected chi connectivity index (χ3v) is 3.72. The summed E-state index contributed by atoms with van der Waals surface area (Å²) in [6.07, 6.45) is -4.55. The normalized spacial score (nSPS) is 13.0. The molecule has 2 heterocycles. The van der Waals surface area contributed by atoms with Gasteiger partial charge in [0.15, 0.2) is 5.69 Å². The van der Waals surface area contributed by atoms with Crippen LogP contribution in [-0.2, 0) is 6.18 Å².